The van der Waals surface area contributed by atoms with E-state index in [0.29, 0.717) is 50.3 Å². The first kappa shape index (κ1) is 25.5. The zero-order valence-electron chi connectivity index (χ0n) is 20.6. The number of anilines is 3. The van der Waals surface area contributed by atoms with Crippen molar-refractivity contribution in [3.63, 3.8) is 0 Å². The minimum Gasteiger partial charge on any atom is -0.373 e. The van der Waals surface area contributed by atoms with Crippen LogP contribution in [-0.4, -0.2) is 25.0 Å². The average Bonchev–Trinajstić information content (AvgIpc) is 3.70. The van der Waals surface area contributed by atoms with Crippen molar-refractivity contribution in [2.45, 2.75) is 24.9 Å². The molecular weight excluding hydrogens is 552 g/mol. The molecule has 1 fully saturated rings. The van der Waals surface area contributed by atoms with Crippen LogP contribution >= 0.6 is 23.2 Å². The van der Waals surface area contributed by atoms with Crippen molar-refractivity contribution in [2.75, 3.05) is 10.6 Å². The molecule has 5 aromatic rings. The summed E-state index contributed by atoms with van der Waals surface area (Å²) in [6, 6.07) is 16.4. The molecule has 12 heteroatoms. The smallest absolute Gasteiger partial charge is 0.231 e. The SMILES string of the molecule is N#Cc1cccc(C(Nc2cc(Cl)c3ncc(C#N)c(Nc4cnc(F)c(Cl)c4)c3c2)c2cn(C3CC3)nn2)c1. The molecule has 3 aromatic heterocycles. The zero-order chi connectivity index (χ0) is 27.8. The summed E-state index contributed by atoms with van der Waals surface area (Å²) in [5.41, 5.74) is 4.10. The lowest BCUT2D eigenvalue weighted by Gasteiger charge is -2.20. The van der Waals surface area contributed by atoms with E-state index in [0.717, 1.165) is 18.4 Å². The number of aromatic nitrogens is 5. The molecule has 0 bridgehead atoms. The Bertz CT molecular complexity index is 1850. The van der Waals surface area contributed by atoms with Gasteiger partial charge in [0.05, 0.1) is 68.6 Å². The van der Waals surface area contributed by atoms with Gasteiger partial charge in [-0.3, -0.25) is 4.98 Å². The standard InChI is InChI=1S/C28H18Cl2FN9/c29-22-8-18(7-21-25(17(11-33)12-34-27(21)22)37-19-9-23(30)28(31)35-13-19)36-26(16-3-1-2-15(6-16)10-32)24-14-40(39-38-24)20-4-5-20/h1-3,6-9,12-14,20,26,36H,4-5H2,(H,34,37). The van der Waals surface area contributed by atoms with E-state index in [4.69, 9.17) is 23.2 Å². The second-order valence-corrected chi connectivity index (χ2v) is 10.1. The Balaban J connectivity index is 1.45. The molecular formula is C28H18Cl2FN9. The molecule has 40 heavy (non-hydrogen) atoms. The van der Waals surface area contributed by atoms with Crippen molar-refractivity contribution in [3.8, 4) is 12.1 Å². The van der Waals surface area contributed by atoms with Gasteiger partial charge in [-0.1, -0.05) is 40.5 Å². The Hall–Kier alpha value is -4.77. The maximum absolute atomic E-state index is 13.7. The quantitative estimate of drug-likeness (QED) is 0.207. The van der Waals surface area contributed by atoms with E-state index < -0.39 is 12.0 Å². The maximum atomic E-state index is 13.7. The van der Waals surface area contributed by atoms with Crippen molar-refractivity contribution < 1.29 is 4.39 Å². The first-order chi connectivity index (χ1) is 19.4. The van der Waals surface area contributed by atoms with Crippen molar-refractivity contribution in [1.29, 1.82) is 10.5 Å². The average molecular weight is 570 g/mol. The van der Waals surface area contributed by atoms with Gasteiger partial charge in [-0.05, 0) is 48.7 Å². The van der Waals surface area contributed by atoms with Crippen LogP contribution in [0.1, 0.15) is 47.3 Å². The summed E-state index contributed by atoms with van der Waals surface area (Å²) in [5.74, 6) is -0.799. The Kier molecular flexibility index (Phi) is 6.64. The molecule has 9 nitrogen and oxygen atoms in total. The van der Waals surface area contributed by atoms with Crippen molar-refractivity contribution in [1.82, 2.24) is 25.0 Å². The van der Waals surface area contributed by atoms with Gasteiger partial charge < -0.3 is 10.6 Å². The number of nitrogens with zero attached hydrogens (tertiary/aromatic N) is 7. The molecule has 1 atom stereocenters. The number of rotatable bonds is 7. The van der Waals surface area contributed by atoms with Gasteiger partial charge in [-0.15, -0.1) is 5.10 Å². The summed E-state index contributed by atoms with van der Waals surface area (Å²) in [6.45, 7) is 0. The van der Waals surface area contributed by atoms with Crippen LogP contribution in [0.3, 0.4) is 0 Å². The van der Waals surface area contributed by atoms with Gasteiger partial charge in [-0.2, -0.15) is 14.9 Å². The largest absolute Gasteiger partial charge is 0.373 e. The van der Waals surface area contributed by atoms with Gasteiger partial charge in [0.15, 0.2) is 0 Å². The van der Waals surface area contributed by atoms with E-state index in [1.807, 2.05) is 29.1 Å². The summed E-state index contributed by atoms with van der Waals surface area (Å²) in [6.07, 6.45) is 6.72. The Morgan fingerprint density at radius 2 is 1.82 bits per heavy atom. The summed E-state index contributed by atoms with van der Waals surface area (Å²) in [5, 5.41) is 35.4. The lowest BCUT2D eigenvalue weighted by Crippen LogP contribution is -2.13. The van der Waals surface area contributed by atoms with Gasteiger partial charge >= 0.3 is 0 Å². The topological polar surface area (TPSA) is 128 Å². The summed E-state index contributed by atoms with van der Waals surface area (Å²) in [4.78, 5) is 8.04. The molecule has 6 rings (SSSR count). The predicted octanol–water partition coefficient (Wildman–Crippen LogP) is 6.69. The third-order valence-corrected chi connectivity index (χ3v) is 7.07. The number of pyridine rings is 2. The van der Waals surface area contributed by atoms with Crippen LogP contribution in [-0.2, 0) is 0 Å². The molecule has 2 N–H and O–H groups in total. The van der Waals surface area contributed by atoms with Gasteiger partial charge in [0.2, 0.25) is 5.95 Å². The van der Waals surface area contributed by atoms with Crippen LogP contribution in [0, 0.1) is 28.6 Å². The third kappa shape index (κ3) is 4.98. The minimum atomic E-state index is -0.799. The number of fused-ring (bicyclic) bond motifs is 1. The second kappa shape index (κ2) is 10.4. The number of nitrogens with one attached hydrogen (secondary N) is 2. The highest BCUT2D eigenvalue weighted by molar-refractivity contribution is 6.36. The molecule has 0 spiro atoms. The fraction of sp³-hybridized carbons (Fsp3) is 0.143. The van der Waals surface area contributed by atoms with Crippen LogP contribution in [0.2, 0.25) is 10.0 Å². The van der Waals surface area contributed by atoms with E-state index >= 15 is 0 Å². The highest BCUT2D eigenvalue weighted by Crippen LogP contribution is 2.38. The number of hydrogen-bond acceptors (Lipinski definition) is 8. The van der Waals surface area contributed by atoms with E-state index in [1.54, 1.807) is 18.2 Å². The zero-order valence-corrected chi connectivity index (χ0v) is 22.1. The molecule has 1 saturated carbocycles. The molecule has 1 aliphatic rings. The Morgan fingerprint density at radius 3 is 2.58 bits per heavy atom. The summed E-state index contributed by atoms with van der Waals surface area (Å²) in [7, 11) is 0. The maximum Gasteiger partial charge on any atom is 0.231 e. The van der Waals surface area contributed by atoms with Crippen LogP contribution in [0.5, 0.6) is 0 Å². The fourth-order valence-corrected chi connectivity index (χ4v) is 4.85. The lowest BCUT2D eigenvalue weighted by molar-refractivity contribution is 0.584. The fourth-order valence-electron chi connectivity index (χ4n) is 4.42. The van der Waals surface area contributed by atoms with Crippen molar-refractivity contribution >= 4 is 51.2 Å². The molecule has 3 heterocycles. The van der Waals surface area contributed by atoms with Crippen LogP contribution in [0.15, 0.2) is 61.1 Å². The van der Waals surface area contributed by atoms with Crippen molar-refractivity contribution in [3.05, 3.63) is 99.4 Å². The van der Waals surface area contributed by atoms with Crippen molar-refractivity contribution in [2.24, 2.45) is 0 Å². The molecule has 0 amide bonds. The van der Waals surface area contributed by atoms with Crippen LogP contribution in [0.25, 0.3) is 10.9 Å². The summed E-state index contributed by atoms with van der Waals surface area (Å²) >= 11 is 12.6. The number of benzene rings is 2. The van der Waals surface area contributed by atoms with E-state index in [2.05, 4.69) is 43.1 Å². The number of hydrogen-bond donors (Lipinski definition) is 2. The normalized spacial score (nSPS) is 13.4. The lowest BCUT2D eigenvalue weighted by atomic mass is 10.0. The molecule has 196 valence electrons. The van der Waals surface area contributed by atoms with Gasteiger partial charge in [0.25, 0.3) is 0 Å². The van der Waals surface area contributed by atoms with Crippen LogP contribution < -0.4 is 10.6 Å². The first-order valence-electron chi connectivity index (χ1n) is 12.2. The predicted molar refractivity (Wildman–Crippen MR) is 149 cm³/mol. The third-order valence-electron chi connectivity index (χ3n) is 6.52. The summed E-state index contributed by atoms with van der Waals surface area (Å²) < 4.78 is 15.5. The molecule has 2 aromatic carbocycles. The monoisotopic (exact) mass is 569 g/mol. The molecule has 1 unspecified atom stereocenters. The highest BCUT2D eigenvalue weighted by atomic mass is 35.5. The van der Waals surface area contributed by atoms with Gasteiger partial charge in [-0.25, -0.2) is 9.67 Å². The second-order valence-electron chi connectivity index (χ2n) is 9.30. The first-order valence-corrected chi connectivity index (χ1v) is 13.0. The van der Waals surface area contributed by atoms with E-state index in [1.165, 1.54) is 18.5 Å². The molecule has 0 radical (unpaired) electrons. The highest BCUT2D eigenvalue weighted by Gasteiger charge is 2.27. The van der Waals surface area contributed by atoms with E-state index in [9.17, 15) is 14.9 Å². The van der Waals surface area contributed by atoms with Gasteiger partial charge in [0, 0.05) is 17.3 Å². The minimum absolute atomic E-state index is 0.163. The Morgan fingerprint density at radius 1 is 1.00 bits per heavy atom. The molecule has 0 saturated heterocycles. The molecule has 1 aliphatic carbocycles. The van der Waals surface area contributed by atoms with E-state index in [-0.39, 0.29) is 10.6 Å². The molecule has 0 aliphatic heterocycles. The number of halogens is 3. The van der Waals surface area contributed by atoms with Crippen LogP contribution in [0.4, 0.5) is 21.5 Å². The number of nitriles is 2. The Labute approximate surface area is 237 Å². The van der Waals surface area contributed by atoms with Gasteiger partial charge in [0.1, 0.15) is 11.8 Å².